The Hall–Kier alpha value is -2.65. The molecule has 4 aromatic rings. The van der Waals surface area contributed by atoms with E-state index in [1.807, 2.05) is 6.07 Å². The summed E-state index contributed by atoms with van der Waals surface area (Å²) in [7, 11) is 0. The van der Waals surface area contributed by atoms with Gasteiger partial charge in [0.2, 0.25) is 5.91 Å². The normalized spacial score (nSPS) is 11.5. The van der Waals surface area contributed by atoms with Gasteiger partial charge in [-0.25, -0.2) is 5.06 Å². The molecule has 0 aliphatic rings. The van der Waals surface area contributed by atoms with E-state index in [-0.39, 0.29) is 12.5 Å². The van der Waals surface area contributed by atoms with Gasteiger partial charge in [-0.3, -0.25) is 10.0 Å². The fraction of sp³-hybridized carbons (Fsp3) is 0.105. The summed E-state index contributed by atoms with van der Waals surface area (Å²) in [6.45, 7) is 1.55. The second-order valence-corrected chi connectivity index (χ2v) is 5.66. The number of hydrogen-bond acceptors (Lipinski definition) is 2. The van der Waals surface area contributed by atoms with Crippen LogP contribution in [0, 0.1) is 0 Å². The van der Waals surface area contributed by atoms with E-state index >= 15 is 0 Å². The lowest BCUT2D eigenvalue weighted by Crippen LogP contribution is -2.23. The zero-order valence-corrected chi connectivity index (χ0v) is 12.2. The molecule has 0 atom stereocenters. The van der Waals surface area contributed by atoms with Gasteiger partial charge in [-0.1, -0.05) is 54.6 Å². The Labute approximate surface area is 127 Å². The summed E-state index contributed by atoms with van der Waals surface area (Å²) in [5.41, 5.74) is 0.948. The fourth-order valence-electron chi connectivity index (χ4n) is 3.21. The van der Waals surface area contributed by atoms with Crippen LogP contribution in [-0.4, -0.2) is 16.2 Å². The van der Waals surface area contributed by atoms with Crippen molar-refractivity contribution in [1.82, 2.24) is 5.06 Å². The van der Waals surface area contributed by atoms with Gasteiger partial charge in [0.15, 0.2) is 0 Å². The lowest BCUT2D eigenvalue weighted by atomic mass is 9.92. The van der Waals surface area contributed by atoms with Gasteiger partial charge in [0.25, 0.3) is 0 Å². The van der Waals surface area contributed by atoms with E-state index in [9.17, 15) is 10.0 Å². The highest BCUT2D eigenvalue weighted by atomic mass is 16.5. The van der Waals surface area contributed by atoms with Crippen LogP contribution in [0.2, 0.25) is 0 Å². The Balaban J connectivity index is 2.06. The Kier molecular flexibility index (Phi) is 2.78. The first-order chi connectivity index (χ1) is 10.6. The molecule has 3 nitrogen and oxygen atoms in total. The van der Waals surface area contributed by atoms with Crippen LogP contribution in [-0.2, 0) is 11.3 Å². The Morgan fingerprint density at radius 1 is 0.909 bits per heavy atom. The molecule has 3 heteroatoms. The molecular formula is C19H15NO2. The van der Waals surface area contributed by atoms with Gasteiger partial charge >= 0.3 is 0 Å². The first-order valence-electron chi connectivity index (χ1n) is 7.27. The van der Waals surface area contributed by atoms with Crippen LogP contribution in [0.5, 0.6) is 0 Å². The van der Waals surface area contributed by atoms with E-state index in [0.717, 1.165) is 16.0 Å². The van der Waals surface area contributed by atoms with Crippen molar-refractivity contribution in [3.05, 3.63) is 60.2 Å². The number of hydrogen-bond donors (Lipinski definition) is 1. The predicted molar refractivity (Wildman–Crippen MR) is 88.2 cm³/mol. The van der Waals surface area contributed by atoms with Crippen molar-refractivity contribution in [2.24, 2.45) is 0 Å². The number of benzene rings is 4. The minimum atomic E-state index is -0.356. The van der Waals surface area contributed by atoms with Gasteiger partial charge in [0.05, 0.1) is 6.54 Å². The van der Waals surface area contributed by atoms with E-state index in [1.54, 1.807) is 0 Å². The van der Waals surface area contributed by atoms with Crippen LogP contribution in [0.4, 0.5) is 0 Å². The summed E-state index contributed by atoms with van der Waals surface area (Å²) < 4.78 is 0. The molecule has 0 bridgehead atoms. The molecule has 0 aromatic heterocycles. The highest BCUT2D eigenvalue weighted by Crippen LogP contribution is 2.36. The summed E-state index contributed by atoms with van der Waals surface area (Å²) in [5.74, 6) is -0.356. The number of carbonyl (C=O) groups is 1. The molecule has 0 fully saturated rings. The Bertz CT molecular complexity index is 990. The average molecular weight is 289 g/mol. The summed E-state index contributed by atoms with van der Waals surface area (Å²) in [6, 6.07) is 18.8. The van der Waals surface area contributed by atoms with Crippen molar-refractivity contribution in [1.29, 1.82) is 0 Å². The standard InChI is InChI=1S/C19H15NO2/c1-12(21)20(22)11-16-8-7-15-6-5-13-3-2-4-14-9-10-17(16)19(15)18(13)14/h2-10,22H,11H2,1H3. The summed E-state index contributed by atoms with van der Waals surface area (Å²) in [4.78, 5) is 11.3. The van der Waals surface area contributed by atoms with Crippen LogP contribution in [0.25, 0.3) is 32.3 Å². The molecule has 0 spiro atoms. The lowest BCUT2D eigenvalue weighted by Gasteiger charge is -2.17. The summed E-state index contributed by atoms with van der Waals surface area (Å²) in [6.07, 6.45) is 0. The van der Waals surface area contributed by atoms with E-state index in [0.29, 0.717) is 0 Å². The number of carbonyl (C=O) groups excluding carboxylic acids is 1. The Morgan fingerprint density at radius 2 is 1.50 bits per heavy atom. The molecule has 1 N–H and O–H groups in total. The van der Waals surface area contributed by atoms with Crippen molar-refractivity contribution in [3.63, 3.8) is 0 Å². The molecule has 108 valence electrons. The molecule has 4 rings (SSSR count). The molecule has 0 radical (unpaired) electrons. The van der Waals surface area contributed by atoms with Crippen LogP contribution >= 0.6 is 0 Å². The zero-order chi connectivity index (χ0) is 15.3. The maximum absolute atomic E-state index is 11.3. The van der Waals surface area contributed by atoms with E-state index in [1.165, 1.54) is 33.9 Å². The molecule has 1 amide bonds. The third-order valence-corrected chi connectivity index (χ3v) is 4.30. The number of hydroxylamine groups is 2. The van der Waals surface area contributed by atoms with Gasteiger partial charge in [-0.05, 0) is 37.9 Å². The molecule has 0 saturated heterocycles. The SMILES string of the molecule is CC(=O)N(O)Cc1ccc2ccc3cccc4ccc1c2c34. The Morgan fingerprint density at radius 3 is 2.18 bits per heavy atom. The highest BCUT2D eigenvalue weighted by Gasteiger charge is 2.13. The molecular weight excluding hydrogens is 274 g/mol. The quantitative estimate of drug-likeness (QED) is 0.339. The zero-order valence-electron chi connectivity index (χ0n) is 12.2. The predicted octanol–water partition coefficient (Wildman–Crippen LogP) is 4.32. The topological polar surface area (TPSA) is 40.5 Å². The minimum absolute atomic E-state index is 0.198. The highest BCUT2D eigenvalue weighted by molar-refractivity contribution is 6.23. The molecule has 0 saturated carbocycles. The second-order valence-electron chi connectivity index (χ2n) is 5.66. The van der Waals surface area contributed by atoms with Crippen molar-refractivity contribution in [2.45, 2.75) is 13.5 Å². The maximum Gasteiger partial charge on any atom is 0.243 e. The van der Waals surface area contributed by atoms with Crippen LogP contribution in [0.3, 0.4) is 0 Å². The molecule has 0 unspecified atom stereocenters. The van der Waals surface area contributed by atoms with Crippen LogP contribution < -0.4 is 0 Å². The molecule has 22 heavy (non-hydrogen) atoms. The van der Waals surface area contributed by atoms with Crippen molar-refractivity contribution in [3.8, 4) is 0 Å². The van der Waals surface area contributed by atoms with E-state index < -0.39 is 0 Å². The number of amides is 1. The first kappa shape index (κ1) is 13.0. The van der Waals surface area contributed by atoms with Crippen LogP contribution in [0.1, 0.15) is 12.5 Å². The van der Waals surface area contributed by atoms with Crippen LogP contribution in [0.15, 0.2) is 54.6 Å². The van der Waals surface area contributed by atoms with E-state index in [4.69, 9.17) is 0 Å². The van der Waals surface area contributed by atoms with Gasteiger partial charge in [-0.15, -0.1) is 0 Å². The summed E-state index contributed by atoms with van der Waals surface area (Å²) in [5, 5.41) is 17.6. The van der Waals surface area contributed by atoms with Gasteiger partial charge in [0, 0.05) is 6.92 Å². The monoisotopic (exact) mass is 289 g/mol. The van der Waals surface area contributed by atoms with Gasteiger partial charge in [0.1, 0.15) is 0 Å². The van der Waals surface area contributed by atoms with Gasteiger partial charge < -0.3 is 0 Å². The van der Waals surface area contributed by atoms with Gasteiger partial charge in [-0.2, -0.15) is 0 Å². The van der Waals surface area contributed by atoms with E-state index in [2.05, 4.69) is 48.5 Å². The third-order valence-electron chi connectivity index (χ3n) is 4.30. The molecule has 0 aliphatic carbocycles. The molecule has 0 heterocycles. The number of rotatable bonds is 2. The molecule has 0 aliphatic heterocycles. The average Bonchev–Trinajstić information content (AvgIpc) is 2.53. The van der Waals surface area contributed by atoms with Crippen molar-refractivity contribution in [2.75, 3.05) is 0 Å². The van der Waals surface area contributed by atoms with Crippen molar-refractivity contribution >= 4 is 38.2 Å². The third kappa shape index (κ3) is 1.83. The largest absolute Gasteiger partial charge is 0.286 e. The summed E-state index contributed by atoms with van der Waals surface area (Å²) >= 11 is 0. The first-order valence-corrected chi connectivity index (χ1v) is 7.27. The van der Waals surface area contributed by atoms with Crippen molar-refractivity contribution < 1.29 is 10.0 Å². The second kappa shape index (κ2) is 4.68. The maximum atomic E-state index is 11.3. The smallest absolute Gasteiger partial charge is 0.243 e. The lowest BCUT2D eigenvalue weighted by molar-refractivity contribution is -0.165. The number of nitrogens with zero attached hydrogens (tertiary/aromatic N) is 1. The fourth-order valence-corrected chi connectivity index (χ4v) is 3.21. The molecule has 4 aromatic carbocycles. The minimum Gasteiger partial charge on any atom is -0.286 e.